The van der Waals surface area contributed by atoms with E-state index in [4.69, 9.17) is 20.4 Å². The number of para-hydroxylation sites is 2. The smallest absolute Gasteiger partial charge is 0.508 e. The van der Waals surface area contributed by atoms with Crippen LogP contribution in [0.15, 0.2) is 158 Å². The van der Waals surface area contributed by atoms with Crippen molar-refractivity contribution in [2.24, 2.45) is 0 Å². The molecular formula is C52H42F18O4Zr2. The summed E-state index contributed by atoms with van der Waals surface area (Å²) in [6, 6.07) is 11.7. The van der Waals surface area contributed by atoms with Crippen molar-refractivity contribution >= 4 is 0 Å². The molecule has 24 heteroatoms. The summed E-state index contributed by atoms with van der Waals surface area (Å²) in [5, 5.41) is 35.4. The predicted octanol–water partition coefficient (Wildman–Crippen LogP) is 17.1. The molecule has 8 rings (SSSR count). The Morgan fingerprint density at radius 1 is 0.342 bits per heavy atom. The first-order valence-electron chi connectivity index (χ1n) is 20.7. The third-order valence-corrected chi connectivity index (χ3v) is 8.25. The summed E-state index contributed by atoms with van der Waals surface area (Å²) in [5.74, 6) is -2.76. The fourth-order valence-electron chi connectivity index (χ4n) is 4.99. The minimum Gasteiger partial charge on any atom is -0.508 e. The number of hydrogen-bond acceptors (Lipinski definition) is 4. The topological polar surface area (TPSA) is 80.9 Å². The number of allylic oxidation sites excluding steroid dienone is 16. The fourth-order valence-corrected chi connectivity index (χ4v) is 4.99. The van der Waals surface area contributed by atoms with E-state index in [0.717, 1.165) is 25.7 Å². The Bertz CT molecular complexity index is 2220. The molecule has 408 valence electrons. The Morgan fingerprint density at radius 3 is 0.711 bits per heavy atom. The van der Waals surface area contributed by atoms with Gasteiger partial charge in [0, 0.05) is 11.1 Å². The second-order valence-corrected chi connectivity index (χ2v) is 14.4. The molecule has 4 nitrogen and oxygen atoms in total. The van der Waals surface area contributed by atoms with Crippen LogP contribution in [0, 0.1) is 24.3 Å². The fraction of sp³-hybridized carbons (Fsp3) is 0.231. The van der Waals surface area contributed by atoms with Crippen LogP contribution in [0.4, 0.5) is 79.0 Å². The van der Waals surface area contributed by atoms with E-state index in [9.17, 15) is 79.0 Å². The molecule has 0 aliphatic heterocycles. The largest absolute Gasteiger partial charge is 2.00 e. The van der Waals surface area contributed by atoms with Gasteiger partial charge in [-0.15, -0.1) is 25.7 Å². The average Bonchev–Trinajstić information content (AvgIpc) is 4.15. The summed E-state index contributed by atoms with van der Waals surface area (Å²) < 4.78 is 216. The van der Waals surface area contributed by atoms with E-state index in [-0.39, 0.29) is 111 Å². The zero-order chi connectivity index (χ0) is 56.2. The minimum absolute atomic E-state index is 0. The molecule has 0 saturated heterocycles. The molecule has 0 atom stereocenters. The number of hydrogen-bond donors (Lipinski definition) is 4. The molecule has 0 spiro atoms. The third-order valence-electron chi connectivity index (χ3n) is 8.25. The van der Waals surface area contributed by atoms with Crippen LogP contribution < -0.4 is 0 Å². The van der Waals surface area contributed by atoms with E-state index < -0.39 is 83.7 Å². The van der Waals surface area contributed by atoms with Gasteiger partial charge in [-0.05, 0) is 48.5 Å². The number of phenols is 4. The van der Waals surface area contributed by atoms with Gasteiger partial charge in [0.05, 0.1) is 35.1 Å². The first-order valence-corrected chi connectivity index (χ1v) is 20.7. The number of alkyl halides is 18. The number of halogens is 18. The van der Waals surface area contributed by atoms with Crippen molar-refractivity contribution in [3.63, 3.8) is 0 Å². The second kappa shape index (κ2) is 35.0. The summed E-state index contributed by atoms with van der Waals surface area (Å²) in [6.45, 7) is 0. The maximum atomic E-state index is 12.1. The van der Waals surface area contributed by atoms with Gasteiger partial charge in [0.15, 0.2) is 0 Å². The van der Waals surface area contributed by atoms with Gasteiger partial charge in [-0.1, -0.05) is 36.4 Å². The molecule has 0 unspecified atom stereocenters. The summed E-state index contributed by atoms with van der Waals surface area (Å²) in [4.78, 5) is 0. The van der Waals surface area contributed by atoms with Crippen LogP contribution in [-0.2, 0) is 90.0 Å². The molecule has 76 heavy (non-hydrogen) atoms. The molecule has 0 amide bonds. The molecule has 4 N–H and O–H groups in total. The molecule has 4 aromatic rings. The van der Waals surface area contributed by atoms with Gasteiger partial charge in [0.1, 0.15) is 23.0 Å². The molecule has 0 aromatic heterocycles. The van der Waals surface area contributed by atoms with Crippen LogP contribution in [0.5, 0.6) is 23.0 Å². The van der Waals surface area contributed by atoms with Gasteiger partial charge in [0.2, 0.25) is 0 Å². The van der Waals surface area contributed by atoms with Gasteiger partial charge < -0.3 is 20.4 Å². The van der Waals surface area contributed by atoms with E-state index >= 15 is 0 Å². The second-order valence-electron chi connectivity index (χ2n) is 14.4. The van der Waals surface area contributed by atoms with Crippen molar-refractivity contribution in [2.45, 2.75) is 75.6 Å². The molecule has 0 bridgehead atoms. The van der Waals surface area contributed by atoms with Crippen molar-refractivity contribution in [1.82, 2.24) is 0 Å². The van der Waals surface area contributed by atoms with Crippen molar-refractivity contribution in [1.29, 1.82) is 0 Å². The van der Waals surface area contributed by atoms with Crippen molar-refractivity contribution < 1.29 is 152 Å². The van der Waals surface area contributed by atoms with Gasteiger partial charge in [-0.25, -0.2) is 48.6 Å². The zero-order valence-electron chi connectivity index (χ0n) is 38.8. The SMILES string of the molecule is Oc1cc(C(F)(F)F)cc(C(F)(F)F)c1.Oc1cc(C(F)(F)F)cc(C(F)(F)F)c1.Oc1ccccc1CC(F)(F)F.Oc1ccccc1CC(F)(F)F.[C-]1=CC=CC1.[C-]1=CC=CC1.[C-]1=CC=CC1.[C-]1=CC=CC1.[Zr+2].[Zr+2]. The summed E-state index contributed by atoms with van der Waals surface area (Å²) >= 11 is 0. The van der Waals surface area contributed by atoms with Crippen LogP contribution in [0.1, 0.15) is 59.1 Å². The summed E-state index contributed by atoms with van der Waals surface area (Å²) in [6.07, 6.45) is 9.63. The van der Waals surface area contributed by atoms with Gasteiger partial charge in [-0.3, -0.25) is 24.3 Å². The molecule has 4 aliphatic rings. The molecule has 4 aliphatic carbocycles. The quantitative estimate of drug-likeness (QED) is 0.119. The zero-order valence-corrected chi connectivity index (χ0v) is 43.8. The monoisotopic (exact) mass is 1250 g/mol. The van der Waals surface area contributed by atoms with Crippen LogP contribution in [0.25, 0.3) is 0 Å². The minimum atomic E-state index is -4.92. The normalized spacial score (nSPS) is 13.4. The van der Waals surface area contributed by atoms with Crippen LogP contribution >= 0.6 is 0 Å². The molecule has 0 fully saturated rings. The summed E-state index contributed by atoms with van der Waals surface area (Å²) in [5.41, 5.74) is -6.32. The van der Waals surface area contributed by atoms with Gasteiger partial charge in [-0.2, -0.15) is 103 Å². The first kappa shape index (κ1) is 72.6. The third kappa shape index (κ3) is 35.0. The number of aromatic hydroxyl groups is 4. The standard InChI is InChI=1S/2C8H4F6O.2C8H7F3O.4C5H5.2Zr/c2*9-7(10,11)4-1-5(8(12,13)14)3-6(15)2-4;2*9-8(10,11)5-6-3-1-2-4-7(6)12;4*1-2-4-5-3-1;;/h2*1-3,15H;2*1-4,12H,5H2;4*1-3H,4H2;;/q;;;;4*-1;2*+2. The Balaban J connectivity index is 0. The molecule has 4 aromatic carbocycles. The van der Waals surface area contributed by atoms with Crippen molar-refractivity contribution in [3.8, 4) is 23.0 Å². The Morgan fingerprint density at radius 2 is 0.566 bits per heavy atom. The molecular weight excluding hydrogens is 1210 g/mol. The van der Waals surface area contributed by atoms with E-state index in [1.807, 2.05) is 48.6 Å². The van der Waals surface area contributed by atoms with Crippen LogP contribution in [-0.4, -0.2) is 32.8 Å². The van der Waals surface area contributed by atoms with Gasteiger partial charge in [0.25, 0.3) is 0 Å². The van der Waals surface area contributed by atoms with E-state index in [0.29, 0.717) is 0 Å². The van der Waals surface area contributed by atoms with Crippen LogP contribution in [0.3, 0.4) is 0 Å². The number of phenolic OH excluding ortho intramolecular Hbond substituents is 4. The maximum Gasteiger partial charge on any atom is 2.00 e. The molecule has 0 heterocycles. The molecule has 0 radical (unpaired) electrons. The maximum absolute atomic E-state index is 12.1. The van der Waals surface area contributed by atoms with Crippen molar-refractivity contribution in [2.75, 3.05) is 0 Å². The van der Waals surface area contributed by atoms with E-state index in [1.165, 1.54) is 48.5 Å². The van der Waals surface area contributed by atoms with E-state index in [1.54, 1.807) is 0 Å². The predicted molar refractivity (Wildman–Crippen MR) is 238 cm³/mol. The number of rotatable bonds is 2. The Hall–Kier alpha value is -5.49. The average molecular weight is 1260 g/mol. The van der Waals surface area contributed by atoms with Gasteiger partial charge >= 0.3 is 89.5 Å². The van der Waals surface area contributed by atoms with E-state index in [2.05, 4.69) is 48.6 Å². The summed E-state index contributed by atoms with van der Waals surface area (Å²) in [7, 11) is 0. The van der Waals surface area contributed by atoms with Crippen LogP contribution in [0.2, 0.25) is 0 Å². The number of benzene rings is 4. The molecule has 0 saturated carbocycles. The Labute approximate surface area is 463 Å². The van der Waals surface area contributed by atoms with Crippen molar-refractivity contribution in [3.05, 3.63) is 216 Å². The first-order chi connectivity index (χ1) is 34.2. The Kier molecular flexibility index (Phi) is 33.4.